The second-order valence-electron chi connectivity index (χ2n) is 6.66. The first-order valence-corrected chi connectivity index (χ1v) is 11.2. The minimum atomic E-state index is -1.79. The lowest BCUT2D eigenvalue weighted by Crippen LogP contribution is -2.43. The molecule has 5 heteroatoms. The monoisotopic (exact) mass is 422 g/mol. The Labute approximate surface area is 143 Å². The Morgan fingerprint density at radius 3 is 2.38 bits per heavy atom. The van der Waals surface area contributed by atoms with E-state index in [0.29, 0.717) is 19.8 Å². The molecule has 120 valence electrons. The van der Waals surface area contributed by atoms with E-state index in [0.717, 1.165) is 5.75 Å². The Bertz CT molecular complexity index is 455. The molecular weight excluding hydrogens is 395 g/mol. The molecule has 1 aromatic carbocycles. The predicted molar refractivity (Wildman–Crippen MR) is 98.5 cm³/mol. The zero-order valence-electron chi connectivity index (χ0n) is 14.0. The maximum atomic E-state index is 6.34. The van der Waals surface area contributed by atoms with Gasteiger partial charge in [-0.2, -0.15) is 0 Å². The van der Waals surface area contributed by atoms with Crippen molar-refractivity contribution in [3.05, 3.63) is 27.3 Å². The van der Waals surface area contributed by atoms with Crippen LogP contribution in [0.5, 0.6) is 5.75 Å². The Morgan fingerprint density at radius 2 is 1.81 bits per heavy atom. The summed E-state index contributed by atoms with van der Waals surface area (Å²) in [4.78, 5) is 0. The van der Waals surface area contributed by atoms with Gasteiger partial charge >= 0.3 is 0 Å². The Balaban J connectivity index is 2.77. The van der Waals surface area contributed by atoms with Crippen molar-refractivity contribution in [2.24, 2.45) is 0 Å². The molecule has 1 rings (SSSR count). The number of rotatable bonds is 7. The molecule has 0 fully saturated rings. The van der Waals surface area contributed by atoms with Gasteiger partial charge in [0, 0.05) is 10.7 Å². The van der Waals surface area contributed by atoms with Crippen molar-refractivity contribution in [3.8, 4) is 5.75 Å². The zero-order chi connectivity index (χ0) is 16.1. The highest BCUT2D eigenvalue weighted by Crippen LogP contribution is 2.37. The number of ether oxygens (including phenoxy) is 2. The van der Waals surface area contributed by atoms with E-state index < -0.39 is 8.32 Å². The van der Waals surface area contributed by atoms with E-state index >= 15 is 0 Å². The first-order valence-electron chi connectivity index (χ1n) is 7.21. The van der Waals surface area contributed by atoms with Crippen molar-refractivity contribution >= 4 is 30.9 Å². The first-order chi connectivity index (χ1) is 9.67. The molecule has 0 heterocycles. The van der Waals surface area contributed by atoms with Crippen molar-refractivity contribution < 1.29 is 13.9 Å². The highest BCUT2D eigenvalue weighted by atomic mass is 127. The largest absolute Gasteiger partial charge is 0.543 e. The summed E-state index contributed by atoms with van der Waals surface area (Å²) in [5, 5.41) is 0.200. The number of halogens is 1. The lowest BCUT2D eigenvalue weighted by Gasteiger charge is -2.36. The smallest absolute Gasteiger partial charge is 0.250 e. The molecule has 3 nitrogen and oxygen atoms in total. The van der Waals surface area contributed by atoms with Crippen LogP contribution in [-0.4, -0.2) is 28.6 Å². The molecule has 0 saturated carbocycles. The molecular formula is C16H27IO3Si. The van der Waals surface area contributed by atoms with E-state index in [1.54, 1.807) is 7.11 Å². The molecule has 0 bridgehead atoms. The molecule has 0 aliphatic heterocycles. The third-order valence-corrected chi connectivity index (χ3v) is 9.30. The van der Waals surface area contributed by atoms with Crippen molar-refractivity contribution in [2.45, 2.75) is 45.5 Å². The van der Waals surface area contributed by atoms with Gasteiger partial charge in [0.15, 0.2) is 0 Å². The van der Waals surface area contributed by atoms with Crippen molar-refractivity contribution in [2.75, 3.05) is 20.3 Å². The van der Waals surface area contributed by atoms with Crippen LogP contribution in [0.3, 0.4) is 0 Å². The predicted octanol–water partition coefficient (Wildman–Crippen LogP) is 4.84. The van der Waals surface area contributed by atoms with Crippen molar-refractivity contribution in [1.82, 2.24) is 0 Å². The quantitative estimate of drug-likeness (QED) is 0.358. The van der Waals surface area contributed by atoms with Gasteiger partial charge < -0.3 is 13.9 Å². The topological polar surface area (TPSA) is 27.7 Å². The highest BCUT2D eigenvalue weighted by molar-refractivity contribution is 14.1. The molecule has 0 spiro atoms. The van der Waals surface area contributed by atoms with Crippen LogP contribution in [-0.2, 0) is 16.1 Å². The minimum absolute atomic E-state index is 0.200. The Kier molecular flexibility index (Phi) is 7.16. The Hall–Kier alpha value is -0.113. The van der Waals surface area contributed by atoms with Crippen LogP contribution in [0.25, 0.3) is 0 Å². The SMILES string of the molecule is COCCOCc1cc(O[Si](C)(C)C(C)(C)C)ccc1I. The van der Waals surface area contributed by atoms with Crippen LogP contribution < -0.4 is 4.43 Å². The lowest BCUT2D eigenvalue weighted by molar-refractivity contribution is 0.0613. The minimum Gasteiger partial charge on any atom is -0.543 e. The molecule has 0 aliphatic carbocycles. The van der Waals surface area contributed by atoms with Gasteiger partial charge in [0.05, 0.1) is 19.8 Å². The molecule has 0 N–H and O–H groups in total. The normalized spacial score (nSPS) is 12.5. The van der Waals surface area contributed by atoms with Crippen LogP contribution >= 0.6 is 22.6 Å². The average molecular weight is 422 g/mol. The summed E-state index contributed by atoms with van der Waals surface area (Å²) in [5.74, 6) is 0.951. The van der Waals surface area contributed by atoms with Crippen LogP contribution in [0.15, 0.2) is 18.2 Å². The van der Waals surface area contributed by atoms with Crippen LogP contribution in [0.4, 0.5) is 0 Å². The second kappa shape index (κ2) is 7.94. The summed E-state index contributed by atoms with van der Waals surface area (Å²) < 4.78 is 18.2. The molecule has 0 saturated heterocycles. The summed E-state index contributed by atoms with van der Waals surface area (Å²) in [6.07, 6.45) is 0. The van der Waals surface area contributed by atoms with Crippen LogP contribution in [0.1, 0.15) is 26.3 Å². The Morgan fingerprint density at radius 1 is 1.14 bits per heavy atom. The maximum absolute atomic E-state index is 6.34. The van der Waals surface area contributed by atoms with E-state index in [-0.39, 0.29) is 5.04 Å². The number of hydrogen-bond donors (Lipinski definition) is 0. The standard InChI is InChI=1S/C16H27IO3Si/c1-16(2,3)21(5,6)20-14-7-8-15(17)13(11-14)12-19-10-9-18-4/h7-8,11H,9-10,12H2,1-6H3. The van der Waals surface area contributed by atoms with E-state index in [4.69, 9.17) is 13.9 Å². The fraction of sp³-hybridized carbons (Fsp3) is 0.625. The number of benzene rings is 1. The van der Waals surface area contributed by atoms with Gasteiger partial charge in [-0.05, 0) is 64.5 Å². The average Bonchev–Trinajstić information content (AvgIpc) is 2.36. The summed E-state index contributed by atoms with van der Waals surface area (Å²) >= 11 is 2.34. The molecule has 0 amide bonds. The first kappa shape index (κ1) is 18.9. The third-order valence-electron chi connectivity index (χ3n) is 3.89. The van der Waals surface area contributed by atoms with Gasteiger partial charge in [0.1, 0.15) is 5.75 Å². The lowest BCUT2D eigenvalue weighted by atomic mass is 10.2. The van der Waals surface area contributed by atoms with Gasteiger partial charge in [-0.3, -0.25) is 0 Å². The summed E-state index contributed by atoms with van der Waals surface area (Å²) in [7, 11) is -0.112. The molecule has 0 unspecified atom stereocenters. The number of hydrogen-bond acceptors (Lipinski definition) is 3. The molecule has 0 aliphatic rings. The third kappa shape index (κ3) is 5.88. The van der Waals surface area contributed by atoms with E-state index in [1.807, 2.05) is 0 Å². The summed E-state index contributed by atoms with van der Waals surface area (Å²) in [6, 6.07) is 6.26. The molecule has 21 heavy (non-hydrogen) atoms. The summed E-state index contributed by atoms with van der Waals surface area (Å²) in [5.41, 5.74) is 1.17. The molecule has 0 atom stereocenters. The van der Waals surface area contributed by atoms with Crippen molar-refractivity contribution in [3.63, 3.8) is 0 Å². The fourth-order valence-electron chi connectivity index (χ4n) is 1.50. The summed E-state index contributed by atoms with van der Waals surface area (Å²) in [6.45, 7) is 13.1. The highest BCUT2D eigenvalue weighted by Gasteiger charge is 2.38. The van der Waals surface area contributed by atoms with E-state index in [2.05, 4.69) is 74.7 Å². The molecule has 0 aromatic heterocycles. The van der Waals surface area contributed by atoms with Crippen molar-refractivity contribution in [1.29, 1.82) is 0 Å². The fourth-order valence-corrected chi connectivity index (χ4v) is 3.01. The van der Waals surface area contributed by atoms with Gasteiger partial charge in [-0.15, -0.1) is 0 Å². The van der Waals surface area contributed by atoms with E-state index in [1.165, 1.54) is 9.13 Å². The maximum Gasteiger partial charge on any atom is 0.250 e. The molecule has 1 aromatic rings. The van der Waals surface area contributed by atoms with Crippen LogP contribution in [0.2, 0.25) is 18.1 Å². The second-order valence-corrected chi connectivity index (χ2v) is 12.5. The zero-order valence-corrected chi connectivity index (χ0v) is 17.1. The number of methoxy groups -OCH3 is 1. The van der Waals surface area contributed by atoms with E-state index in [9.17, 15) is 0 Å². The molecule has 0 radical (unpaired) electrons. The van der Waals surface area contributed by atoms with Gasteiger partial charge in [-0.25, -0.2) is 0 Å². The van der Waals surface area contributed by atoms with Gasteiger partial charge in [-0.1, -0.05) is 20.8 Å². The van der Waals surface area contributed by atoms with Crippen LogP contribution in [0, 0.1) is 3.57 Å². The van der Waals surface area contributed by atoms with Gasteiger partial charge in [0.2, 0.25) is 8.32 Å². The van der Waals surface area contributed by atoms with Gasteiger partial charge in [0.25, 0.3) is 0 Å².